The van der Waals surface area contributed by atoms with Crippen molar-refractivity contribution < 1.29 is 32.3 Å². The highest BCUT2D eigenvalue weighted by molar-refractivity contribution is 5.83. The van der Waals surface area contributed by atoms with Gasteiger partial charge in [0.25, 0.3) is 5.91 Å². The van der Waals surface area contributed by atoms with E-state index < -0.39 is 35.7 Å². The predicted molar refractivity (Wildman–Crippen MR) is 79.2 cm³/mol. The van der Waals surface area contributed by atoms with Crippen molar-refractivity contribution in [1.29, 1.82) is 0 Å². The summed E-state index contributed by atoms with van der Waals surface area (Å²) in [4.78, 5) is 24.9. The molecule has 1 aliphatic carbocycles. The van der Waals surface area contributed by atoms with Gasteiger partial charge in [0, 0.05) is 13.1 Å². The minimum atomic E-state index is -4.53. The maximum atomic E-state index is 14.5. The van der Waals surface area contributed by atoms with Crippen molar-refractivity contribution in [2.24, 2.45) is 17.8 Å². The van der Waals surface area contributed by atoms with Gasteiger partial charge in [0.2, 0.25) is 6.17 Å². The molecule has 2 fully saturated rings. The Balaban J connectivity index is 1.71. The fourth-order valence-electron chi connectivity index (χ4n) is 3.42. The smallest absolute Gasteiger partial charge is 0.416 e. The molecule has 3 rings (SSSR count). The zero-order valence-electron chi connectivity index (χ0n) is 13.2. The second-order valence-corrected chi connectivity index (χ2v) is 6.67. The summed E-state index contributed by atoms with van der Waals surface area (Å²) in [5, 5.41) is 9.28. The van der Waals surface area contributed by atoms with Gasteiger partial charge in [-0.3, -0.25) is 9.59 Å². The van der Waals surface area contributed by atoms with E-state index in [1.807, 2.05) is 0 Å². The van der Waals surface area contributed by atoms with Gasteiger partial charge < -0.3 is 10.0 Å². The first-order valence-corrected chi connectivity index (χ1v) is 8.01. The van der Waals surface area contributed by atoms with Crippen LogP contribution < -0.4 is 0 Å². The van der Waals surface area contributed by atoms with Crippen LogP contribution in [0.3, 0.4) is 0 Å². The Labute approximate surface area is 141 Å². The van der Waals surface area contributed by atoms with Gasteiger partial charge in [0.15, 0.2) is 0 Å². The first-order chi connectivity index (χ1) is 11.7. The van der Waals surface area contributed by atoms with Crippen molar-refractivity contribution >= 4 is 11.9 Å². The Bertz CT molecular complexity index is 669. The van der Waals surface area contributed by atoms with E-state index in [4.69, 9.17) is 0 Å². The van der Waals surface area contributed by atoms with Crippen LogP contribution in [0.2, 0.25) is 0 Å². The van der Waals surface area contributed by atoms with E-state index in [1.54, 1.807) is 0 Å². The lowest BCUT2D eigenvalue weighted by Gasteiger charge is -2.19. The van der Waals surface area contributed by atoms with Crippen LogP contribution in [0.25, 0.3) is 0 Å². The molecule has 3 atom stereocenters. The van der Waals surface area contributed by atoms with Crippen LogP contribution in [0.15, 0.2) is 24.3 Å². The Morgan fingerprint density at radius 1 is 1.12 bits per heavy atom. The van der Waals surface area contributed by atoms with Crippen molar-refractivity contribution in [2.75, 3.05) is 13.1 Å². The van der Waals surface area contributed by atoms with E-state index in [1.165, 1.54) is 4.90 Å². The topological polar surface area (TPSA) is 57.6 Å². The number of aliphatic carboxylic acids is 1. The standard InChI is InChI=1S/C17H17F4NO3/c18-14(10-3-5-11(6-4-10)17(19,20)21)15(23)22-7-12(9-1-2-9)13(8-22)16(24)25/h3-6,9,12-14H,1-2,7-8H2,(H,24,25)/t12-,13+,14?/m1/s1. The van der Waals surface area contributed by atoms with E-state index in [0.717, 1.165) is 37.1 Å². The number of carbonyl (C=O) groups is 2. The Kier molecular flexibility index (Phi) is 4.47. The molecule has 1 aromatic carbocycles. The number of carbonyl (C=O) groups excluding carboxylic acids is 1. The number of carboxylic acid groups (broad SMARTS) is 1. The van der Waals surface area contributed by atoms with Crippen molar-refractivity contribution in [1.82, 2.24) is 4.90 Å². The first-order valence-electron chi connectivity index (χ1n) is 8.01. The van der Waals surface area contributed by atoms with Crippen LogP contribution in [0.1, 0.15) is 30.1 Å². The van der Waals surface area contributed by atoms with Crippen LogP contribution in [0.5, 0.6) is 0 Å². The summed E-state index contributed by atoms with van der Waals surface area (Å²) < 4.78 is 52.1. The van der Waals surface area contributed by atoms with Gasteiger partial charge in [0.1, 0.15) is 0 Å². The lowest BCUT2D eigenvalue weighted by Crippen LogP contribution is -2.32. The summed E-state index contributed by atoms with van der Waals surface area (Å²) in [6.45, 7) is 0.123. The molecule has 0 spiro atoms. The number of hydrogen-bond donors (Lipinski definition) is 1. The molecule has 1 saturated heterocycles. The first kappa shape index (κ1) is 17.7. The average molecular weight is 359 g/mol. The predicted octanol–water partition coefficient (Wildman–Crippen LogP) is 3.29. The minimum Gasteiger partial charge on any atom is -0.481 e. The van der Waals surface area contributed by atoms with Crippen molar-refractivity contribution in [3.05, 3.63) is 35.4 Å². The van der Waals surface area contributed by atoms with Gasteiger partial charge in [-0.2, -0.15) is 13.2 Å². The number of halogens is 4. The van der Waals surface area contributed by atoms with Crippen LogP contribution in [-0.4, -0.2) is 35.0 Å². The molecule has 4 nitrogen and oxygen atoms in total. The largest absolute Gasteiger partial charge is 0.481 e. The Morgan fingerprint density at radius 3 is 2.20 bits per heavy atom. The van der Waals surface area contributed by atoms with E-state index in [2.05, 4.69) is 0 Å². The third kappa shape index (κ3) is 3.62. The fourth-order valence-corrected chi connectivity index (χ4v) is 3.42. The highest BCUT2D eigenvalue weighted by Gasteiger charge is 2.47. The minimum absolute atomic E-state index is 0.0591. The molecule has 0 bridgehead atoms. The van der Waals surface area contributed by atoms with Crippen molar-refractivity contribution in [3.8, 4) is 0 Å². The second kappa shape index (κ2) is 6.31. The molecule has 0 radical (unpaired) electrons. The molecule has 2 aliphatic rings. The molecule has 136 valence electrons. The molecule has 8 heteroatoms. The third-order valence-electron chi connectivity index (χ3n) is 4.97. The van der Waals surface area contributed by atoms with Crippen molar-refractivity contribution in [2.45, 2.75) is 25.2 Å². The van der Waals surface area contributed by atoms with E-state index in [0.29, 0.717) is 0 Å². The molecule has 25 heavy (non-hydrogen) atoms. The number of carboxylic acids is 1. The van der Waals surface area contributed by atoms with E-state index in [-0.39, 0.29) is 30.5 Å². The Hall–Kier alpha value is -2.12. The highest BCUT2D eigenvalue weighted by Crippen LogP contribution is 2.44. The van der Waals surface area contributed by atoms with E-state index >= 15 is 0 Å². The summed E-state index contributed by atoms with van der Waals surface area (Å²) in [7, 11) is 0. The summed E-state index contributed by atoms with van der Waals surface area (Å²) in [5.74, 6) is -2.54. The molecule has 1 heterocycles. The molecule has 1 saturated carbocycles. The number of likely N-dealkylation sites (tertiary alicyclic amines) is 1. The monoisotopic (exact) mass is 359 g/mol. The molecular weight excluding hydrogens is 342 g/mol. The quantitative estimate of drug-likeness (QED) is 0.840. The molecular formula is C17H17F4NO3. The van der Waals surface area contributed by atoms with Gasteiger partial charge in [-0.1, -0.05) is 12.1 Å². The third-order valence-corrected chi connectivity index (χ3v) is 4.97. The summed E-state index contributed by atoms with van der Waals surface area (Å²) in [6.07, 6.45) is -4.81. The van der Waals surface area contributed by atoms with Gasteiger partial charge in [-0.25, -0.2) is 4.39 Å². The van der Waals surface area contributed by atoms with Gasteiger partial charge in [-0.05, 0) is 42.4 Å². The highest BCUT2D eigenvalue weighted by atomic mass is 19.4. The number of alkyl halides is 4. The number of rotatable bonds is 4. The van der Waals surface area contributed by atoms with Crippen LogP contribution in [-0.2, 0) is 15.8 Å². The normalized spacial score (nSPS) is 25.0. The molecule has 0 aromatic heterocycles. The van der Waals surface area contributed by atoms with Gasteiger partial charge in [0.05, 0.1) is 11.5 Å². The number of hydrogen-bond acceptors (Lipinski definition) is 2. The maximum Gasteiger partial charge on any atom is 0.416 e. The van der Waals surface area contributed by atoms with Crippen LogP contribution in [0.4, 0.5) is 17.6 Å². The SMILES string of the molecule is O=C(O)[C@H]1CN(C(=O)C(F)c2ccc(C(F)(F)F)cc2)C[C@@H]1C1CC1. The van der Waals surface area contributed by atoms with Gasteiger partial charge >= 0.3 is 12.1 Å². The van der Waals surface area contributed by atoms with Crippen LogP contribution >= 0.6 is 0 Å². The Morgan fingerprint density at radius 2 is 1.72 bits per heavy atom. The van der Waals surface area contributed by atoms with E-state index in [9.17, 15) is 32.3 Å². The summed E-state index contributed by atoms with van der Waals surface area (Å²) >= 11 is 0. The number of amides is 1. The molecule has 1 unspecified atom stereocenters. The fraction of sp³-hybridized carbons (Fsp3) is 0.529. The van der Waals surface area contributed by atoms with Gasteiger partial charge in [-0.15, -0.1) is 0 Å². The zero-order valence-corrected chi connectivity index (χ0v) is 13.2. The zero-order chi connectivity index (χ0) is 18.4. The lowest BCUT2D eigenvalue weighted by atomic mass is 9.92. The molecule has 1 aliphatic heterocycles. The van der Waals surface area contributed by atoms with Crippen molar-refractivity contribution in [3.63, 3.8) is 0 Å². The lowest BCUT2D eigenvalue weighted by molar-refractivity contribution is -0.143. The molecule has 1 amide bonds. The average Bonchev–Trinajstić information content (AvgIpc) is 3.31. The summed E-state index contributed by atoms with van der Waals surface area (Å²) in [6, 6.07) is 3.33. The molecule has 1 aromatic rings. The number of nitrogens with zero attached hydrogens (tertiary/aromatic N) is 1. The van der Waals surface area contributed by atoms with Crippen LogP contribution in [0, 0.1) is 17.8 Å². The maximum absolute atomic E-state index is 14.5. The number of benzene rings is 1. The summed E-state index contributed by atoms with van der Waals surface area (Å²) in [5.41, 5.74) is -1.09. The second-order valence-electron chi connectivity index (χ2n) is 6.67. The molecule has 1 N–H and O–H groups in total.